The zero-order valence-corrected chi connectivity index (χ0v) is 18.9. The Hall–Kier alpha value is -1.06. The van der Waals surface area contributed by atoms with Crippen LogP contribution in [0.3, 0.4) is 0 Å². The molecule has 0 aromatic heterocycles. The minimum atomic E-state index is 0.175. The van der Waals surface area contributed by atoms with Crippen LogP contribution in [0.5, 0.6) is 0 Å². The Morgan fingerprint density at radius 2 is 1.03 bits per heavy atom. The fraction of sp³-hybridized carbons (Fsp3) is 0.923. The molecule has 4 nitrogen and oxygen atoms in total. The quantitative estimate of drug-likeness (QED) is 0.623. The molecule has 4 heteroatoms. The minimum absolute atomic E-state index is 0.175. The van der Waals surface area contributed by atoms with Gasteiger partial charge in [0.05, 0.1) is 0 Å². The second kappa shape index (κ2) is 8.47. The van der Waals surface area contributed by atoms with Crippen molar-refractivity contribution < 1.29 is 9.59 Å². The molecule has 0 heterocycles. The zero-order chi connectivity index (χ0) is 20.6. The highest BCUT2D eigenvalue weighted by molar-refractivity contribution is 5.78. The van der Waals surface area contributed by atoms with E-state index in [2.05, 4.69) is 10.6 Å². The van der Waals surface area contributed by atoms with Gasteiger partial charge in [-0.1, -0.05) is 38.5 Å². The van der Waals surface area contributed by atoms with Crippen LogP contribution in [0.15, 0.2) is 0 Å². The summed E-state index contributed by atoms with van der Waals surface area (Å²) in [5.74, 6) is 2.09. The number of amides is 2. The van der Waals surface area contributed by atoms with E-state index in [1.807, 2.05) is 0 Å². The smallest absolute Gasteiger partial charge is 0.220 e. The van der Waals surface area contributed by atoms with Gasteiger partial charge in [0.15, 0.2) is 0 Å². The topological polar surface area (TPSA) is 58.2 Å². The van der Waals surface area contributed by atoms with Gasteiger partial charge < -0.3 is 10.6 Å². The van der Waals surface area contributed by atoms with Crippen LogP contribution in [0.4, 0.5) is 0 Å². The van der Waals surface area contributed by atoms with Crippen molar-refractivity contribution in [3.8, 4) is 0 Å². The molecule has 2 amide bonds. The lowest BCUT2D eigenvalue weighted by atomic mass is 9.43. The number of nitrogens with one attached hydrogen (secondary N) is 2. The second-order valence-electron chi connectivity index (χ2n) is 12.1. The molecule has 0 atom stereocenters. The highest BCUT2D eigenvalue weighted by Gasteiger charge is 2.58. The number of hydrogen-bond donors (Lipinski definition) is 2. The summed E-state index contributed by atoms with van der Waals surface area (Å²) in [4.78, 5) is 26.0. The van der Waals surface area contributed by atoms with Gasteiger partial charge in [0.25, 0.3) is 0 Å². The Morgan fingerprint density at radius 3 is 1.43 bits per heavy atom. The first-order valence-electron chi connectivity index (χ1n) is 13.1. The molecule has 2 N–H and O–H groups in total. The monoisotopic (exact) mass is 414 g/mol. The molecule has 6 saturated carbocycles. The molecule has 0 aliphatic heterocycles. The molecule has 0 aromatic carbocycles. The van der Waals surface area contributed by atoms with Gasteiger partial charge in [-0.15, -0.1) is 0 Å². The molecular formula is C26H42N2O2. The molecule has 0 aromatic rings. The average Bonchev–Trinajstić information content (AvgIpc) is 2.67. The summed E-state index contributed by atoms with van der Waals surface area (Å²) in [6.07, 6.45) is 21.2. The molecule has 0 unspecified atom stereocenters. The van der Waals surface area contributed by atoms with E-state index in [9.17, 15) is 9.59 Å². The molecule has 6 aliphatic carbocycles. The molecule has 30 heavy (non-hydrogen) atoms. The number of carbonyl (C=O) groups is 2. The van der Waals surface area contributed by atoms with E-state index in [4.69, 9.17) is 0 Å². The number of rotatable bonds is 6. The summed E-state index contributed by atoms with van der Waals surface area (Å²) in [7, 11) is 0. The van der Waals surface area contributed by atoms with Crippen molar-refractivity contribution in [2.45, 2.75) is 128 Å². The van der Waals surface area contributed by atoms with Gasteiger partial charge in [0, 0.05) is 24.9 Å². The Kier molecular flexibility index (Phi) is 5.88. The van der Waals surface area contributed by atoms with Crippen LogP contribution in [-0.4, -0.2) is 23.9 Å². The maximum absolute atomic E-state index is 13.0. The van der Waals surface area contributed by atoms with Gasteiger partial charge in [0.2, 0.25) is 11.8 Å². The highest BCUT2D eigenvalue weighted by Crippen LogP contribution is 2.67. The lowest BCUT2D eigenvalue weighted by Crippen LogP contribution is -2.55. The molecule has 4 bridgehead atoms. The Morgan fingerprint density at radius 1 is 0.633 bits per heavy atom. The maximum Gasteiger partial charge on any atom is 0.220 e. The van der Waals surface area contributed by atoms with E-state index in [1.165, 1.54) is 70.6 Å². The molecule has 6 rings (SSSR count). The van der Waals surface area contributed by atoms with Gasteiger partial charge >= 0.3 is 0 Å². The third-order valence-electron chi connectivity index (χ3n) is 9.32. The summed E-state index contributed by atoms with van der Waals surface area (Å²) < 4.78 is 0. The van der Waals surface area contributed by atoms with E-state index in [0.717, 1.165) is 43.9 Å². The summed E-state index contributed by atoms with van der Waals surface area (Å²) in [6.45, 7) is 0. The average molecular weight is 415 g/mol. The van der Waals surface area contributed by atoms with Crippen molar-refractivity contribution in [1.82, 2.24) is 10.6 Å². The molecule has 0 saturated heterocycles. The fourth-order valence-corrected chi connectivity index (χ4v) is 8.80. The van der Waals surface area contributed by atoms with Crippen molar-refractivity contribution in [1.29, 1.82) is 0 Å². The van der Waals surface area contributed by atoms with Crippen molar-refractivity contribution in [2.75, 3.05) is 0 Å². The van der Waals surface area contributed by atoms with Gasteiger partial charge in [-0.05, 0) is 86.9 Å². The SMILES string of the molecule is O=C(CC12CC3CC(C1)CC(CC(=O)NC1CCCCC1)(C3)C2)NC1CCCCC1. The van der Waals surface area contributed by atoms with Gasteiger partial charge in [-0.3, -0.25) is 9.59 Å². The Bertz CT molecular complexity index is 581. The summed E-state index contributed by atoms with van der Waals surface area (Å²) in [6, 6.07) is 0.825. The van der Waals surface area contributed by atoms with Crippen LogP contribution >= 0.6 is 0 Å². The van der Waals surface area contributed by atoms with Crippen LogP contribution < -0.4 is 10.6 Å². The molecule has 6 fully saturated rings. The number of carbonyl (C=O) groups excluding carboxylic acids is 2. The predicted molar refractivity (Wildman–Crippen MR) is 119 cm³/mol. The maximum atomic E-state index is 13.0. The van der Waals surface area contributed by atoms with E-state index in [-0.39, 0.29) is 10.8 Å². The van der Waals surface area contributed by atoms with Crippen LogP contribution in [0, 0.1) is 22.7 Å². The lowest BCUT2D eigenvalue weighted by Gasteiger charge is -2.62. The molecule has 0 radical (unpaired) electrons. The first-order valence-corrected chi connectivity index (χ1v) is 13.1. The zero-order valence-electron chi connectivity index (χ0n) is 18.9. The van der Waals surface area contributed by atoms with Gasteiger partial charge in [0.1, 0.15) is 0 Å². The third kappa shape index (κ3) is 4.58. The molecule has 168 valence electrons. The molecule has 6 aliphatic rings. The van der Waals surface area contributed by atoms with E-state index < -0.39 is 0 Å². The summed E-state index contributed by atoms with van der Waals surface area (Å²) in [5.41, 5.74) is 0.349. The summed E-state index contributed by atoms with van der Waals surface area (Å²) in [5, 5.41) is 6.77. The lowest BCUT2D eigenvalue weighted by molar-refractivity contribution is -0.146. The van der Waals surface area contributed by atoms with Crippen molar-refractivity contribution >= 4 is 11.8 Å². The number of hydrogen-bond acceptors (Lipinski definition) is 2. The minimum Gasteiger partial charge on any atom is -0.353 e. The van der Waals surface area contributed by atoms with Crippen LogP contribution in [0.25, 0.3) is 0 Å². The first-order chi connectivity index (χ1) is 14.5. The highest BCUT2D eigenvalue weighted by atomic mass is 16.2. The second-order valence-corrected chi connectivity index (χ2v) is 12.1. The standard InChI is InChI=1S/C26H42N2O2/c29-23(27-21-7-3-1-4-8-21)16-25-12-19-11-20(13-25)15-26(14-19,18-25)17-24(30)28-22-9-5-2-6-10-22/h19-22H,1-18H2,(H,27,29)(H,28,30). The molecule has 0 spiro atoms. The Balaban J connectivity index is 1.21. The Labute approximate surface area is 182 Å². The van der Waals surface area contributed by atoms with E-state index in [1.54, 1.807) is 0 Å². The predicted octanol–water partition coefficient (Wildman–Crippen LogP) is 5.25. The van der Waals surface area contributed by atoms with E-state index >= 15 is 0 Å². The van der Waals surface area contributed by atoms with E-state index in [0.29, 0.717) is 36.7 Å². The molecular weight excluding hydrogens is 372 g/mol. The van der Waals surface area contributed by atoms with Crippen molar-refractivity contribution in [3.63, 3.8) is 0 Å². The van der Waals surface area contributed by atoms with Crippen LogP contribution in [-0.2, 0) is 9.59 Å². The largest absolute Gasteiger partial charge is 0.353 e. The van der Waals surface area contributed by atoms with Crippen LogP contribution in [0.1, 0.15) is 116 Å². The van der Waals surface area contributed by atoms with Gasteiger partial charge in [-0.25, -0.2) is 0 Å². The first kappa shape index (κ1) is 20.8. The third-order valence-corrected chi connectivity index (χ3v) is 9.32. The van der Waals surface area contributed by atoms with Crippen molar-refractivity contribution in [3.05, 3.63) is 0 Å². The fourth-order valence-electron chi connectivity index (χ4n) is 8.80. The normalized spacial score (nSPS) is 39.1. The van der Waals surface area contributed by atoms with Crippen molar-refractivity contribution in [2.24, 2.45) is 22.7 Å². The van der Waals surface area contributed by atoms with Gasteiger partial charge in [-0.2, -0.15) is 0 Å². The van der Waals surface area contributed by atoms with Crippen LogP contribution in [0.2, 0.25) is 0 Å². The summed E-state index contributed by atoms with van der Waals surface area (Å²) >= 11 is 0.